The fourth-order valence-corrected chi connectivity index (χ4v) is 9.61. The van der Waals surface area contributed by atoms with Gasteiger partial charge in [0.25, 0.3) is 0 Å². The molecule has 28 nitrogen and oxygen atoms in total. The summed E-state index contributed by atoms with van der Waals surface area (Å²) in [6, 6.07) is 23.8. The molecule has 0 saturated carbocycles. The largest absolute Gasteiger partial charge is 0.481 e. The first kappa shape index (κ1) is 65.3. The van der Waals surface area contributed by atoms with Crippen LogP contribution in [0, 0.1) is 0 Å². The number of aromatic nitrogens is 4. The van der Waals surface area contributed by atoms with Crippen molar-refractivity contribution in [2.24, 2.45) is 22.9 Å². The first-order valence-electron chi connectivity index (χ1n) is 25.4. The van der Waals surface area contributed by atoms with E-state index in [1.807, 2.05) is 0 Å². The van der Waals surface area contributed by atoms with Crippen LogP contribution in [0.5, 0.6) is 0 Å². The first-order valence-corrected chi connectivity index (χ1v) is 25.4. The molecule has 0 aliphatic carbocycles. The van der Waals surface area contributed by atoms with E-state index in [9.17, 15) is 79.2 Å². The molecule has 0 fully saturated rings. The summed E-state index contributed by atoms with van der Waals surface area (Å²) in [4.78, 5) is 100. The van der Waals surface area contributed by atoms with Crippen molar-refractivity contribution < 1.29 is 99.6 Å². The Balaban J connectivity index is 0.000000205. The molecule has 24 N–H and O–H groups in total. The maximum Gasteiger partial charge on any atom is 0.340 e. The van der Waals surface area contributed by atoms with Gasteiger partial charge in [-0.2, -0.15) is 0 Å². The molecule has 8 atom stereocenters. The molecule has 84 heavy (non-hydrogen) atoms. The molecule has 4 aromatic carbocycles. The molecule has 0 bridgehead atoms. The van der Waals surface area contributed by atoms with E-state index in [1.54, 1.807) is 97.1 Å². The van der Waals surface area contributed by atoms with E-state index in [2.05, 4.69) is 19.9 Å². The Hall–Kier alpha value is -9.52. The number of nitrogens with one attached hydrogen (secondary N) is 4. The lowest BCUT2D eigenvalue weighted by Gasteiger charge is -2.26. The number of nitrogens with two attached hydrogens (primary N) is 4. The zero-order chi connectivity index (χ0) is 62.5. The summed E-state index contributed by atoms with van der Waals surface area (Å²) < 4.78 is 0. The summed E-state index contributed by atoms with van der Waals surface area (Å²) in [5, 5.41) is 117. The lowest BCUT2D eigenvalue weighted by atomic mass is 9.86. The van der Waals surface area contributed by atoms with Gasteiger partial charge in [-0.15, -0.1) is 0 Å². The summed E-state index contributed by atoms with van der Waals surface area (Å²) in [5.74, 6) is -10.4. The van der Waals surface area contributed by atoms with Crippen LogP contribution < -0.4 is 22.9 Å². The zero-order valence-corrected chi connectivity index (χ0v) is 44.5. The number of H-pyrrole nitrogens is 4. The van der Waals surface area contributed by atoms with E-state index in [0.29, 0.717) is 43.6 Å². The van der Waals surface area contributed by atoms with Gasteiger partial charge in [0.1, 0.15) is 0 Å². The molecule has 0 amide bonds. The maximum absolute atomic E-state index is 11.5. The fraction of sp³-hybridized carbons (Fsp3) is 0.286. The Bertz CT molecular complexity index is 3200. The molecule has 0 radical (unpaired) electrons. The van der Waals surface area contributed by atoms with Crippen molar-refractivity contribution in [2.75, 3.05) is 0 Å². The lowest BCUT2D eigenvalue weighted by molar-refractivity contribution is -0.161. The average Bonchev–Trinajstić information content (AvgIpc) is 4.24. The number of carbonyl (C=O) groups is 8. The molecule has 4 aromatic heterocycles. The molecule has 8 rings (SSSR count). The molecule has 4 heterocycles. The highest BCUT2D eigenvalue weighted by Gasteiger charge is 2.45. The van der Waals surface area contributed by atoms with Gasteiger partial charge in [-0.05, 0) is 24.3 Å². The quantitative estimate of drug-likeness (QED) is 0.0413. The summed E-state index contributed by atoms with van der Waals surface area (Å²) in [6.07, 6.45) is 2.39. The second-order valence-corrected chi connectivity index (χ2v) is 19.9. The monoisotopic (exact) mass is 1170 g/mol. The number of aliphatic carboxylic acids is 8. The van der Waals surface area contributed by atoms with Gasteiger partial charge in [0.15, 0.2) is 22.4 Å². The summed E-state index contributed by atoms with van der Waals surface area (Å²) in [7, 11) is 0. The smallest absolute Gasteiger partial charge is 0.340 e. The normalized spacial score (nSPS) is 15.5. The van der Waals surface area contributed by atoms with Gasteiger partial charge in [-0.3, -0.25) is 19.2 Å². The van der Waals surface area contributed by atoms with Crippen molar-refractivity contribution in [1.82, 2.24) is 19.9 Å². The molecule has 448 valence electrons. The summed E-state index contributed by atoms with van der Waals surface area (Å²) in [5.41, 5.74) is 17.0. The average molecular weight is 1170 g/mol. The van der Waals surface area contributed by atoms with Gasteiger partial charge in [0.2, 0.25) is 0 Å². The molecule has 0 spiro atoms. The van der Waals surface area contributed by atoms with Gasteiger partial charge < -0.3 is 104 Å². The van der Waals surface area contributed by atoms with E-state index >= 15 is 0 Å². The van der Waals surface area contributed by atoms with Crippen LogP contribution in [-0.4, -0.2) is 153 Å². The van der Waals surface area contributed by atoms with Gasteiger partial charge in [-0.1, -0.05) is 72.8 Å². The molecule has 8 aromatic rings. The van der Waals surface area contributed by atoms with E-state index in [1.165, 1.54) is 24.8 Å². The molecule has 0 saturated heterocycles. The first-order chi connectivity index (χ1) is 39.4. The van der Waals surface area contributed by atoms with Crippen LogP contribution in [0.3, 0.4) is 0 Å². The van der Waals surface area contributed by atoms with E-state index in [0.717, 1.165) is 0 Å². The minimum absolute atomic E-state index is 0.173. The zero-order valence-electron chi connectivity index (χ0n) is 44.5. The number of hydrogen-bond donors (Lipinski definition) is 20. The number of carboxylic acid groups (broad SMARTS) is 8. The van der Waals surface area contributed by atoms with Gasteiger partial charge in [-0.25, -0.2) is 19.2 Å². The van der Waals surface area contributed by atoms with Crippen LogP contribution in [0.4, 0.5) is 0 Å². The highest BCUT2D eigenvalue weighted by molar-refractivity contribution is 5.94. The Kier molecular flexibility index (Phi) is 21.4. The number of para-hydroxylation sites is 4. The molecule has 0 aliphatic heterocycles. The fourth-order valence-electron chi connectivity index (χ4n) is 9.61. The molecular weight excluding hydrogens is 1100 g/mol. The number of hydrogen-bond acceptors (Lipinski definition) is 16. The number of rotatable bonds is 24. The second-order valence-electron chi connectivity index (χ2n) is 19.9. The topological polar surface area (TPSA) is 547 Å². The third kappa shape index (κ3) is 15.5. The van der Waals surface area contributed by atoms with Crippen molar-refractivity contribution in [3.63, 3.8) is 0 Å². The van der Waals surface area contributed by atoms with Crippen molar-refractivity contribution in [3.05, 3.63) is 144 Å². The maximum atomic E-state index is 11.5. The van der Waals surface area contributed by atoms with Crippen LogP contribution in [0.1, 0.15) is 73.6 Å². The van der Waals surface area contributed by atoms with Crippen LogP contribution in [0.25, 0.3) is 43.6 Å². The van der Waals surface area contributed by atoms with E-state index in [4.69, 9.17) is 43.4 Å². The van der Waals surface area contributed by atoms with Crippen LogP contribution in [0.2, 0.25) is 0 Å². The van der Waals surface area contributed by atoms with Crippen LogP contribution >= 0.6 is 0 Å². The van der Waals surface area contributed by atoms with Crippen LogP contribution in [0.15, 0.2) is 122 Å². The van der Waals surface area contributed by atoms with E-state index < -0.39 is 146 Å². The highest BCUT2D eigenvalue weighted by Crippen LogP contribution is 2.37. The third-order valence-electron chi connectivity index (χ3n) is 13.5. The number of benzene rings is 4. The number of fused-ring (bicyclic) bond motifs is 4. The summed E-state index contributed by atoms with van der Waals surface area (Å²) >= 11 is 0. The summed E-state index contributed by atoms with van der Waals surface area (Å²) in [6.45, 7) is 0. The Morgan fingerprint density at radius 2 is 0.488 bits per heavy atom. The number of aliphatic hydroxyl groups is 4. The predicted molar refractivity (Wildman–Crippen MR) is 299 cm³/mol. The van der Waals surface area contributed by atoms with Crippen LogP contribution in [-0.2, 0) is 60.8 Å². The Labute approximate surface area is 474 Å². The minimum Gasteiger partial charge on any atom is -0.481 e. The molecular formula is C56H64N8O20. The van der Waals surface area contributed by atoms with E-state index in [-0.39, 0.29) is 22.3 Å². The number of carboxylic acids is 8. The Morgan fingerprint density at radius 3 is 0.643 bits per heavy atom. The lowest BCUT2D eigenvalue weighted by Crippen LogP contribution is -2.42. The molecule has 28 heteroatoms. The molecule has 0 unspecified atom stereocenters. The predicted octanol–water partition coefficient (Wildman–Crippen LogP) is 2.53. The van der Waals surface area contributed by atoms with Gasteiger partial charge in [0.05, 0.1) is 25.7 Å². The second kappa shape index (κ2) is 27.5. The van der Waals surface area contributed by atoms with Gasteiger partial charge in [0, 0.05) is 141 Å². The van der Waals surface area contributed by atoms with Crippen molar-refractivity contribution in [2.45, 2.75) is 97.9 Å². The van der Waals surface area contributed by atoms with Crippen molar-refractivity contribution in [3.8, 4) is 0 Å². The third-order valence-corrected chi connectivity index (χ3v) is 13.5. The SMILES string of the molecule is N[C@@H](CC(=O)O)C[C@@](O)(C(=O)O)c1c[nH]c2ccccc12.N[C@@H](CC(=O)O)C[C@](O)(C(=O)O)c1c[nH]c2ccccc12.N[C@@H](CC(=O)O)C[C@](O)(C(=O)O)c1c[nH]c2ccccc12.N[C@H](CC(=O)O)C[C@@](O)(C(=O)O)c1c[nH]c2ccccc12. The standard InChI is InChI=1S/4C14H16N2O5/c4*15-8(5-12(17)18)6-14(21,13(19)20)10-7-16-11-4-2-1-3-9(10)11/h4*1-4,7-8,16,21H,5-6,15H2,(H,17,18)(H,19,20)/t3*8-,14+;8-,14-/m1000/s1. The minimum atomic E-state index is -2.24. The number of aromatic amines is 4. The van der Waals surface area contributed by atoms with Gasteiger partial charge >= 0.3 is 47.8 Å². The Morgan fingerprint density at radius 1 is 0.321 bits per heavy atom. The molecule has 0 aliphatic rings. The highest BCUT2D eigenvalue weighted by atomic mass is 16.4. The van der Waals surface area contributed by atoms with Crippen molar-refractivity contribution in [1.29, 1.82) is 0 Å². The van der Waals surface area contributed by atoms with Crippen molar-refractivity contribution >= 4 is 91.4 Å².